The molecule has 0 aromatic heterocycles. The van der Waals surface area contributed by atoms with Crippen LogP contribution in [0.4, 0.5) is 0 Å². The van der Waals surface area contributed by atoms with Gasteiger partial charge in [0.25, 0.3) is 0 Å². The molecular weight excluding hydrogens is 443 g/mol. The summed E-state index contributed by atoms with van der Waals surface area (Å²) in [5.41, 5.74) is 1.54. The number of thioether (sulfide) groups is 1. The lowest BCUT2D eigenvalue weighted by molar-refractivity contribution is -0.146. The second-order valence-corrected chi connectivity index (χ2v) is 9.53. The molecule has 0 saturated heterocycles. The molecule has 160 valence electrons. The highest BCUT2D eigenvalue weighted by Crippen LogP contribution is 2.47. The van der Waals surface area contributed by atoms with E-state index in [0.29, 0.717) is 21.4 Å². The normalized spacial score (nSPS) is 16.1. The monoisotopic (exact) mass is 466 g/mol. The van der Waals surface area contributed by atoms with Gasteiger partial charge < -0.3 is 9.47 Å². The van der Waals surface area contributed by atoms with Gasteiger partial charge in [0, 0.05) is 15.8 Å². The first-order valence-electron chi connectivity index (χ1n) is 9.74. The van der Waals surface area contributed by atoms with Crippen LogP contribution < -0.4 is 4.74 Å². The third-order valence-corrected chi connectivity index (χ3v) is 7.71. The minimum absolute atomic E-state index is 0.144. The van der Waals surface area contributed by atoms with Gasteiger partial charge in [0.15, 0.2) is 5.78 Å². The average Bonchev–Trinajstić information content (AvgIpc) is 3.24. The van der Waals surface area contributed by atoms with Gasteiger partial charge in [0.2, 0.25) is 0 Å². The van der Waals surface area contributed by atoms with E-state index in [-0.39, 0.29) is 5.78 Å². The Kier molecular flexibility index (Phi) is 7.72. The van der Waals surface area contributed by atoms with E-state index in [1.165, 1.54) is 7.11 Å². The van der Waals surface area contributed by atoms with Gasteiger partial charge in [0.05, 0.1) is 19.0 Å². The Labute approximate surface area is 191 Å². The van der Waals surface area contributed by atoms with Crippen LogP contribution in [0.2, 0.25) is 10.0 Å². The van der Waals surface area contributed by atoms with Crippen molar-refractivity contribution in [2.45, 2.75) is 42.1 Å². The lowest BCUT2D eigenvalue weighted by Gasteiger charge is -2.30. The van der Waals surface area contributed by atoms with Crippen LogP contribution in [0.5, 0.6) is 5.75 Å². The average molecular weight is 467 g/mol. The SMILES string of the molecule is COC(=O)C(C(=O)C1(SCc2ccc(OC)cc2)CCCC1)c1ccc(Cl)cc1Cl. The number of methoxy groups -OCH3 is 2. The number of hydrogen-bond acceptors (Lipinski definition) is 5. The fourth-order valence-corrected chi connectivity index (χ4v) is 5.83. The van der Waals surface area contributed by atoms with Crippen molar-refractivity contribution in [1.82, 2.24) is 0 Å². The quantitative estimate of drug-likeness (QED) is 0.348. The third kappa shape index (κ3) is 4.96. The molecule has 4 nitrogen and oxygen atoms in total. The molecule has 1 atom stereocenters. The highest BCUT2D eigenvalue weighted by atomic mass is 35.5. The van der Waals surface area contributed by atoms with Crippen LogP contribution in [0.1, 0.15) is 42.7 Å². The van der Waals surface area contributed by atoms with Gasteiger partial charge in [-0.2, -0.15) is 0 Å². The third-order valence-electron chi connectivity index (χ3n) is 5.51. The maximum atomic E-state index is 13.8. The minimum Gasteiger partial charge on any atom is -0.497 e. The molecule has 1 unspecified atom stereocenters. The molecule has 0 aliphatic heterocycles. The molecule has 0 spiro atoms. The van der Waals surface area contributed by atoms with Gasteiger partial charge in [-0.25, -0.2) is 0 Å². The Balaban J connectivity index is 1.89. The van der Waals surface area contributed by atoms with E-state index in [2.05, 4.69) is 0 Å². The Hall–Kier alpha value is -1.69. The number of ketones is 1. The zero-order valence-corrected chi connectivity index (χ0v) is 19.3. The summed E-state index contributed by atoms with van der Waals surface area (Å²) in [6.07, 6.45) is 3.35. The molecule has 0 radical (unpaired) electrons. The molecule has 7 heteroatoms. The predicted octanol–water partition coefficient (Wildman–Crippen LogP) is 6.07. The highest BCUT2D eigenvalue weighted by molar-refractivity contribution is 8.00. The molecule has 0 heterocycles. The van der Waals surface area contributed by atoms with E-state index in [4.69, 9.17) is 32.7 Å². The van der Waals surface area contributed by atoms with Crippen LogP contribution in [0.15, 0.2) is 42.5 Å². The molecule has 2 aromatic carbocycles. The summed E-state index contributed by atoms with van der Waals surface area (Å²) in [7, 11) is 2.92. The zero-order valence-electron chi connectivity index (χ0n) is 17.0. The smallest absolute Gasteiger partial charge is 0.320 e. The Morgan fingerprint density at radius 3 is 2.30 bits per heavy atom. The highest BCUT2D eigenvalue weighted by Gasteiger charge is 2.48. The molecule has 1 aliphatic rings. The molecule has 1 fully saturated rings. The topological polar surface area (TPSA) is 52.6 Å². The molecule has 30 heavy (non-hydrogen) atoms. The van der Waals surface area contributed by atoms with E-state index in [0.717, 1.165) is 37.0 Å². The molecule has 3 rings (SSSR count). The summed E-state index contributed by atoms with van der Waals surface area (Å²) in [4.78, 5) is 26.5. The van der Waals surface area contributed by atoms with Crippen LogP contribution in [-0.4, -0.2) is 30.7 Å². The maximum absolute atomic E-state index is 13.8. The Morgan fingerprint density at radius 1 is 1.07 bits per heavy atom. The summed E-state index contributed by atoms with van der Waals surface area (Å²) in [5.74, 6) is -0.354. The van der Waals surface area contributed by atoms with Gasteiger partial charge in [-0.1, -0.05) is 54.2 Å². The second-order valence-electron chi connectivity index (χ2n) is 7.32. The minimum atomic E-state index is -1.07. The van der Waals surface area contributed by atoms with Crippen LogP contribution in [0.25, 0.3) is 0 Å². The zero-order chi connectivity index (χ0) is 21.7. The number of carbonyl (C=O) groups excluding carboxylic acids is 2. The van der Waals surface area contributed by atoms with Crippen molar-refractivity contribution in [2.75, 3.05) is 14.2 Å². The van der Waals surface area contributed by atoms with Crippen LogP contribution in [0, 0.1) is 0 Å². The summed E-state index contributed by atoms with van der Waals surface area (Å²) in [5, 5.41) is 0.740. The molecule has 0 N–H and O–H groups in total. The van der Waals surface area contributed by atoms with E-state index >= 15 is 0 Å². The van der Waals surface area contributed by atoms with Crippen molar-refractivity contribution in [3.8, 4) is 5.75 Å². The number of benzene rings is 2. The van der Waals surface area contributed by atoms with Crippen molar-refractivity contribution < 1.29 is 19.1 Å². The number of hydrogen-bond donors (Lipinski definition) is 0. The van der Waals surface area contributed by atoms with Crippen molar-refractivity contribution in [1.29, 1.82) is 0 Å². The standard InChI is InChI=1S/C23H24Cl2O4S/c1-28-17-8-5-15(6-9-17)14-30-23(11-3-4-12-23)21(26)20(22(27)29-2)18-10-7-16(24)13-19(18)25/h5-10,13,20H,3-4,11-12,14H2,1-2H3. The largest absolute Gasteiger partial charge is 0.497 e. The number of halogens is 2. The Bertz CT molecular complexity index is 908. The number of Topliss-reactive ketones (excluding diaryl/α,β-unsaturated/α-hetero) is 1. The second kappa shape index (κ2) is 10.1. The molecular formula is C23H24Cl2O4S. The molecule has 0 amide bonds. The molecule has 1 aliphatic carbocycles. The summed E-state index contributed by atoms with van der Waals surface area (Å²) in [6, 6.07) is 12.6. The van der Waals surface area contributed by atoms with Crippen LogP contribution in [-0.2, 0) is 20.1 Å². The lowest BCUT2D eigenvalue weighted by Crippen LogP contribution is -2.40. The Morgan fingerprint density at radius 2 is 1.73 bits per heavy atom. The van der Waals surface area contributed by atoms with Crippen LogP contribution >= 0.6 is 35.0 Å². The van der Waals surface area contributed by atoms with Crippen molar-refractivity contribution in [2.24, 2.45) is 0 Å². The van der Waals surface area contributed by atoms with Gasteiger partial charge in [-0.05, 0) is 48.2 Å². The van der Waals surface area contributed by atoms with Gasteiger partial charge in [0.1, 0.15) is 11.7 Å². The summed E-state index contributed by atoms with van der Waals surface area (Å²) < 4.78 is 9.55. The summed E-state index contributed by atoms with van der Waals surface area (Å²) >= 11 is 14.0. The molecule has 1 saturated carbocycles. The molecule has 2 aromatic rings. The number of esters is 1. The van der Waals surface area contributed by atoms with E-state index in [9.17, 15) is 9.59 Å². The first-order valence-corrected chi connectivity index (χ1v) is 11.5. The van der Waals surface area contributed by atoms with E-state index < -0.39 is 16.6 Å². The first-order chi connectivity index (χ1) is 14.4. The van der Waals surface area contributed by atoms with Gasteiger partial charge >= 0.3 is 5.97 Å². The van der Waals surface area contributed by atoms with Crippen molar-refractivity contribution in [3.05, 3.63) is 63.6 Å². The fourth-order valence-electron chi connectivity index (χ4n) is 3.84. The van der Waals surface area contributed by atoms with Crippen molar-refractivity contribution in [3.63, 3.8) is 0 Å². The lowest BCUT2D eigenvalue weighted by atomic mass is 9.85. The summed E-state index contributed by atoms with van der Waals surface area (Å²) in [6.45, 7) is 0. The van der Waals surface area contributed by atoms with E-state index in [1.807, 2.05) is 24.3 Å². The van der Waals surface area contributed by atoms with Gasteiger partial charge in [-0.3, -0.25) is 9.59 Å². The fraction of sp³-hybridized carbons (Fsp3) is 0.391. The van der Waals surface area contributed by atoms with Gasteiger partial charge in [-0.15, -0.1) is 11.8 Å². The number of ether oxygens (including phenoxy) is 2. The number of rotatable bonds is 8. The van der Waals surface area contributed by atoms with Crippen molar-refractivity contribution >= 4 is 46.7 Å². The van der Waals surface area contributed by atoms with E-state index in [1.54, 1.807) is 37.1 Å². The molecule has 0 bridgehead atoms. The first kappa shape index (κ1) is 23.0. The number of carbonyl (C=O) groups is 2. The van der Waals surface area contributed by atoms with Crippen LogP contribution in [0.3, 0.4) is 0 Å². The maximum Gasteiger partial charge on any atom is 0.320 e. The predicted molar refractivity (Wildman–Crippen MR) is 122 cm³/mol.